The molecule has 0 fully saturated rings. The monoisotopic (exact) mass is 479 g/mol. The third-order valence-electron chi connectivity index (χ3n) is 3.59. The van der Waals surface area contributed by atoms with Gasteiger partial charge in [-0.3, -0.25) is 4.79 Å². The van der Waals surface area contributed by atoms with E-state index in [9.17, 15) is 4.79 Å². The van der Waals surface area contributed by atoms with Crippen LogP contribution in [0.4, 0.5) is 5.69 Å². The van der Waals surface area contributed by atoms with Gasteiger partial charge >= 0.3 is 0 Å². The molecule has 2 aromatic heterocycles. The molecule has 4 rings (SSSR count). The number of benzene rings is 2. The minimum absolute atomic E-state index is 0.151. The summed E-state index contributed by atoms with van der Waals surface area (Å²) in [5, 5.41) is 12.8. The van der Waals surface area contributed by atoms with Crippen molar-refractivity contribution in [2.75, 3.05) is 11.1 Å². The van der Waals surface area contributed by atoms with Crippen molar-refractivity contribution in [1.29, 1.82) is 0 Å². The van der Waals surface area contributed by atoms with E-state index in [1.165, 1.54) is 23.1 Å². The first-order chi connectivity index (χ1) is 13.1. The number of hydrogen-bond acceptors (Lipinski definition) is 6. The number of nitrogens with one attached hydrogen (secondary N) is 1. The topological polar surface area (TPSA) is 68.0 Å². The highest BCUT2D eigenvalue weighted by atomic mass is 79.9. The number of aromatic nitrogens is 2. The molecule has 27 heavy (non-hydrogen) atoms. The molecular weight excluding hydrogens is 470 g/mol. The van der Waals surface area contributed by atoms with E-state index >= 15 is 0 Å². The molecule has 0 bridgehead atoms. The Morgan fingerprint density at radius 2 is 1.96 bits per heavy atom. The van der Waals surface area contributed by atoms with Crippen molar-refractivity contribution >= 4 is 72.3 Å². The number of fused-ring (bicyclic) bond motifs is 1. The predicted octanol–water partition coefficient (Wildman–Crippen LogP) is 6.10. The molecule has 136 valence electrons. The molecule has 1 N–H and O–H groups in total. The Kier molecular flexibility index (Phi) is 5.49. The van der Waals surface area contributed by atoms with E-state index < -0.39 is 0 Å². The van der Waals surface area contributed by atoms with Crippen LogP contribution in [0.25, 0.3) is 20.9 Å². The van der Waals surface area contributed by atoms with Crippen LogP contribution in [0.1, 0.15) is 0 Å². The van der Waals surface area contributed by atoms with Crippen molar-refractivity contribution in [3.63, 3.8) is 0 Å². The Bertz CT molecular complexity index is 1110. The second-order valence-corrected chi connectivity index (χ2v) is 8.73. The van der Waals surface area contributed by atoms with Gasteiger partial charge in [-0.2, -0.15) is 0 Å². The normalized spacial score (nSPS) is 11.0. The third-order valence-corrected chi connectivity index (χ3v) is 6.60. The fourth-order valence-electron chi connectivity index (χ4n) is 2.37. The lowest BCUT2D eigenvalue weighted by atomic mass is 10.2. The second kappa shape index (κ2) is 8.02. The molecular formula is C18H11BrClN3O2S2. The second-order valence-electron chi connectivity index (χ2n) is 5.46. The first kappa shape index (κ1) is 18.5. The number of hydrogen-bond donors (Lipinski definition) is 1. The van der Waals surface area contributed by atoms with Gasteiger partial charge in [-0.15, -0.1) is 21.5 Å². The summed E-state index contributed by atoms with van der Waals surface area (Å²) in [4.78, 5) is 12.8. The molecule has 0 spiro atoms. The number of halogens is 2. The van der Waals surface area contributed by atoms with Gasteiger partial charge in [0.1, 0.15) is 4.88 Å². The lowest BCUT2D eigenvalue weighted by molar-refractivity contribution is -0.113. The van der Waals surface area contributed by atoms with Crippen molar-refractivity contribution in [1.82, 2.24) is 10.2 Å². The Morgan fingerprint density at radius 3 is 2.74 bits per heavy atom. The van der Waals surface area contributed by atoms with Gasteiger partial charge in [0.15, 0.2) is 0 Å². The number of carbonyl (C=O) groups is 1. The number of anilines is 1. The Morgan fingerprint density at radius 1 is 1.19 bits per heavy atom. The van der Waals surface area contributed by atoms with Crippen molar-refractivity contribution < 1.29 is 9.21 Å². The van der Waals surface area contributed by atoms with E-state index in [-0.39, 0.29) is 11.7 Å². The van der Waals surface area contributed by atoms with E-state index in [2.05, 4.69) is 31.4 Å². The molecule has 0 aliphatic carbocycles. The molecule has 0 aliphatic heterocycles. The first-order valence-corrected chi connectivity index (χ1v) is 10.8. The van der Waals surface area contributed by atoms with Crippen LogP contribution in [-0.4, -0.2) is 21.9 Å². The molecule has 5 nitrogen and oxygen atoms in total. The van der Waals surface area contributed by atoms with Gasteiger partial charge < -0.3 is 9.73 Å². The number of carbonyl (C=O) groups excluding carboxylic acids is 1. The lowest BCUT2D eigenvalue weighted by Crippen LogP contribution is -2.13. The molecule has 1 amide bonds. The van der Waals surface area contributed by atoms with Crippen LogP contribution in [0, 0.1) is 0 Å². The highest BCUT2D eigenvalue weighted by Gasteiger charge is 2.18. The average Bonchev–Trinajstić information content (AvgIpc) is 3.27. The molecule has 4 aromatic rings. The zero-order valence-electron chi connectivity index (χ0n) is 13.6. The van der Waals surface area contributed by atoms with Gasteiger partial charge in [-0.05, 0) is 30.3 Å². The van der Waals surface area contributed by atoms with Crippen molar-refractivity contribution in [2.24, 2.45) is 0 Å². The zero-order chi connectivity index (χ0) is 18.8. The van der Waals surface area contributed by atoms with Gasteiger partial charge in [0.05, 0.1) is 10.8 Å². The van der Waals surface area contributed by atoms with E-state index in [0.717, 1.165) is 25.1 Å². The summed E-state index contributed by atoms with van der Waals surface area (Å²) in [6.07, 6.45) is 0. The lowest BCUT2D eigenvalue weighted by Gasteiger charge is -2.03. The Labute approximate surface area is 176 Å². The Hall–Kier alpha value is -1.87. The maximum Gasteiger partial charge on any atom is 0.277 e. The summed E-state index contributed by atoms with van der Waals surface area (Å²) < 4.78 is 7.68. The van der Waals surface area contributed by atoms with Gasteiger partial charge in [-0.1, -0.05) is 57.5 Å². The van der Waals surface area contributed by atoms with Crippen LogP contribution >= 0.6 is 50.6 Å². The van der Waals surface area contributed by atoms with Crippen molar-refractivity contribution in [3.05, 3.63) is 58.0 Å². The van der Waals surface area contributed by atoms with Gasteiger partial charge in [-0.25, -0.2) is 0 Å². The van der Waals surface area contributed by atoms with Crippen LogP contribution in [0.3, 0.4) is 0 Å². The summed E-state index contributed by atoms with van der Waals surface area (Å²) in [5.41, 5.74) is 0.729. The molecule has 0 radical (unpaired) electrons. The highest BCUT2D eigenvalue weighted by molar-refractivity contribution is 9.10. The molecule has 2 heterocycles. The van der Waals surface area contributed by atoms with Crippen LogP contribution < -0.4 is 5.32 Å². The van der Waals surface area contributed by atoms with Crippen LogP contribution in [-0.2, 0) is 4.79 Å². The summed E-state index contributed by atoms with van der Waals surface area (Å²) in [5.74, 6) is 0.372. The molecule has 9 heteroatoms. The summed E-state index contributed by atoms with van der Waals surface area (Å²) in [7, 11) is 0. The number of thiophene rings is 1. The first-order valence-electron chi connectivity index (χ1n) is 7.79. The summed E-state index contributed by atoms with van der Waals surface area (Å²) in [6, 6.07) is 15.2. The van der Waals surface area contributed by atoms with Crippen LogP contribution in [0.15, 0.2) is 62.6 Å². The van der Waals surface area contributed by atoms with E-state index in [1.807, 2.05) is 48.5 Å². The zero-order valence-corrected chi connectivity index (χ0v) is 17.6. The maximum absolute atomic E-state index is 12.1. The minimum atomic E-state index is -0.151. The molecule has 0 atom stereocenters. The van der Waals surface area contributed by atoms with E-state index in [0.29, 0.717) is 16.1 Å². The molecule has 0 unspecified atom stereocenters. The maximum atomic E-state index is 12.1. The van der Waals surface area contributed by atoms with E-state index in [4.69, 9.17) is 16.0 Å². The Balaban J connectivity index is 1.42. The third kappa shape index (κ3) is 4.19. The molecule has 0 aliphatic rings. The summed E-state index contributed by atoms with van der Waals surface area (Å²) in [6.45, 7) is 0. The summed E-state index contributed by atoms with van der Waals surface area (Å²) >= 11 is 12.5. The highest BCUT2D eigenvalue weighted by Crippen LogP contribution is 2.41. The van der Waals surface area contributed by atoms with Crippen LogP contribution in [0.5, 0.6) is 0 Å². The number of amides is 1. The fraction of sp³-hybridized carbons (Fsp3) is 0.0556. The SMILES string of the molecule is O=C(CSc1nnc(-c2sc3ccccc3c2Cl)o1)Nc1ccc(Br)cc1. The van der Waals surface area contributed by atoms with Gasteiger partial charge in [0.25, 0.3) is 11.1 Å². The van der Waals surface area contributed by atoms with E-state index in [1.54, 1.807) is 0 Å². The van der Waals surface area contributed by atoms with Crippen molar-refractivity contribution in [2.45, 2.75) is 5.22 Å². The van der Waals surface area contributed by atoms with Gasteiger partial charge in [0, 0.05) is 20.2 Å². The average molecular weight is 481 g/mol. The predicted molar refractivity (Wildman–Crippen MR) is 114 cm³/mol. The van der Waals surface area contributed by atoms with Crippen LogP contribution in [0.2, 0.25) is 5.02 Å². The standard InChI is InChI=1S/C18H11BrClN3O2S2/c19-10-5-7-11(8-6-10)21-14(24)9-26-18-23-22-17(25-18)16-15(20)12-3-1-2-4-13(12)27-16/h1-8H,9H2,(H,21,24). The quantitative estimate of drug-likeness (QED) is 0.350. The van der Waals surface area contributed by atoms with Gasteiger partial charge in [0.2, 0.25) is 5.91 Å². The molecule has 0 saturated heterocycles. The largest absolute Gasteiger partial charge is 0.410 e. The smallest absolute Gasteiger partial charge is 0.277 e. The molecule has 2 aromatic carbocycles. The minimum Gasteiger partial charge on any atom is -0.410 e. The van der Waals surface area contributed by atoms with Crippen molar-refractivity contribution in [3.8, 4) is 10.8 Å². The fourth-order valence-corrected chi connectivity index (χ4v) is 4.63. The number of rotatable bonds is 5. The number of nitrogens with zero attached hydrogens (tertiary/aromatic N) is 2. The number of thioether (sulfide) groups is 1. The molecule has 0 saturated carbocycles.